The van der Waals surface area contributed by atoms with Crippen LogP contribution in [0.2, 0.25) is 0 Å². The van der Waals surface area contributed by atoms with Gasteiger partial charge in [0.05, 0.1) is 26.4 Å². The predicted molar refractivity (Wildman–Crippen MR) is 186 cm³/mol. The Morgan fingerprint density at radius 2 is 0.812 bits per heavy atom. The molecule has 48 heavy (non-hydrogen) atoms. The molecule has 2 amide bonds. The monoisotopic (exact) mass is 658 g/mol. The van der Waals surface area contributed by atoms with Crippen LogP contribution < -0.4 is 0 Å². The maximum Gasteiger partial charge on any atom is 0.253 e. The van der Waals surface area contributed by atoms with Crippen molar-refractivity contribution in [2.45, 2.75) is 50.9 Å². The molecule has 0 atom stereocenters. The van der Waals surface area contributed by atoms with Crippen molar-refractivity contribution in [2.75, 3.05) is 105 Å². The molecule has 2 aliphatic carbocycles. The number of nitrogens with zero attached hydrogens (tertiary/aromatic N) is 6. The van der Waals surface area contributed by atoms with Gasteiger partial charge in [-0.25, -0.2) is 0 Å². The zero-order valence-corrected chi connectivity index (χ0v) is 28.6. The lowest BCUT2D eigenvalue weighted by atomic mass is 10.1. The highest BCUT2D eigenvalue weighted by Gasteiger charge is 2.33. The van der Waals surface area contributed by atoms with Crippen LogP contribution in [0.3, 0.4) is 0 Å². The van der Waals surface area contributed by atoms with Crippen LogP contribution in [-0.2, 0) is 22.6 Å². The molecule has 10 heteroatoms. The predicted octanol–water partition coefficient (Wildman–Crippen LogP) is 2.88. The van der Waals surface area contributed by atoms with E-state index in [0.29, 0.717) is 0 Å². The summed E-state index contributed by atoms with van der Waals surface area (Å²) in [5.74, 6) is 0.367. The third-order valence-electron chi connectivity index (χ3n) is 10.8. The smallest absolute Gasteiger partial charge is 0.253 e. The van der Waals surface area contributed by atoms with Gasteiger partial charge < -0.3 is 19.3 Å². The van der Waals surface area contributed by atoms with Crippen molar-refractivity contribution < 1.29 is 19.1 Å². The Morgan fingerprint density at radius 3 is 1.12 bits per heavy atom. The number of piperazine rings is 2. The molecule has 0 unspecified atom stereocenters. The molecule has 0 aromatic heterocycles. The SMILES string of the molecule is O=C(c1ccc(CN2CCOCC2)cc1)N1CCN(C2CC2)CC1.O=C(c1ccc(CN2CCOCC2)cc1)N1CCN(C2CC2)CC1. The van der Waals surface area contributed by atoms with E-state index in [4.69, 9.17) is 9.47 Å². The minimum atomic E-state index is 0.184. The number of rotatable bonds is 8. The summed E-state index contributed by atoms with van der Waals surface area (Å²) in [6.07, 6.45) is 5.38. The van der Waals surface area contributed by atoms with Crippen molar-refractivity contribution in [3.8, 4) is 0 Å². The summed E-state index contributed by atoms with van der Waals surface area (Å²) in [6, 6.07) is 18.0. The Labute approximate surface area is 286 Å². The zero-order valence-electron chi connectivity index (χ0n) is 28.6. The number of amides is 2. The molecule has 6 aliphatic rings. The first-order valence-corrected chi connectivity index (χ1v) is 18.4. The van der Waals surface area contributed by atoms with Gasteiger partial charge in [-0.2, -0.15) is 0 Å². The summed E-state index contributed by atoms with van der Waals surface area (Å²) < 4.78 is 10.8. The standard InChI is InChI=1S/2C19H27N3O2/c2*23-19(22-9-7-21(8-10-22)18-5-6-18)17-3-1-16(2-4-17)15-20-11-13-24-14-12-20/h2*1-4,18H,5-15H2. The zero-order chi connectivity index (χ0) is 32.7. The van der Waals surface area contributed by atoms with Crippen molar-refractivity contribution in [3.63, 3.8) is 0 Å². The first-order chi connectivity index (χ1) is 23.6. The highest BCUT2D eigenvalue weighted by atomic mass is 16.5. The van der Waals surface area contributed by atoms with Crippen molar-refractivity contribution in [3.05, 3.63) is 70.8 Å². The van der Waals surface area contributed by atoms with Crippen LogP contribution in [0, 0.1) is 0 Å². The summed E-state index contributed by atoms with van der Waals surface area (Å²) in [5, 5.41) is 0. The fourth-order valence-electron chi connectivity index (χ4n) is 7.37. The van der Waals surface area contributed by atoms with Gasteiger partial charge in [0, 0.05) is 115 Å². The largest absolute Gasteiger partial charge is 0.379 e. The number of morpholine rings is 2. The van der Waals surface area contributed by atoms with Gasteiger partial charge in [-0.05, 0) is 61.1 Å². The van der Waals surface area contributed by atoms with E-state index < -0.39 is 0 Å². The fraction of sp³-hybridized carbons (Fsp3) is 0.632. The topological polar surface area (TPSA) is 72.0 Å². The van der Waals surface area contributed by atoms with E-state index in [9.17, 15) is 9.59 Å². The quantitative estimate of drug-likeness (QED) is 0.429. The Morgan fingerprint density at radius 1 is 0.479 bits per heavy atom. The Hall–Kier alpha value is -2.86. The number of carbonyl (C=O) groups is 2. The van der Waals surface area contributed by atoms with Crippen LogP contribution in [0.4, 0.5) is 0 Å². The van der Waals surface area contributed by atoms with E-state index in [0.717, 1.165) is 141 Å². The third-order valence-corrected chi connectivity index (χ3v) is 10.8. The van der Waals surface area contributed by atoms with Gasteiger partial charge in [-0.3, -0.25) is 29.2 Å². The van der Waals surface area contributed by atoms with E-state index in [1.54, 1.807) is 0 Å². The normalized spacial score (nSPS) is 23.4. The van der Waals surface area contributed by atoms with Crippen molar-refractivity contribution >= 4 is 11.8 Å². The minimum absolute atomic E-state index is 0.184. The fourth-order valence-corrected chi connectivity index (χ4v) is 7.37. The number of ether oxygens (including phenoxy) is 2. The average molecular weight is 659 g/mol. The first kappa shape index (κ1) is 33.6. The van der Waals surface area contributed by atoms with E-state index in [1.807, 2.05) is 34.1 Å². The molecule has 10 nitrogen and oxygen atoms in total. The molecule has 0 radical (unpaired) electrons. The van der Waals surface area contributed by atoms with Crippen LogP contribution in [0.5, 0.6) is 0 Å². The number of carbonyl (C=O) groups excluding carboxylic acids is 2. The second-order valence-corrected chi connectivity index (χ2v) is 14.3. The Kier molecular flexibility index (Phi) is 11.4. The molecule has 2 saturated carbocycles. The molecule has 4 heterocycles. The van der Waals surface area contributed by atoms with Crippen molar-refractivity contribution in [1.82, 2.24) is 29.4 Å². The lowest BCUT2D eigenvalue weighted by Gasteiger charge is -2.34. The lowest BCUT2D eigenvalue weighted by molar-refractivity contribution is 0.0341. The first-order valence-electron chi connectivity index (χ1n) is 18.4. The highest BCUT2D eigenvalue weighted by Crippen LogP contribution is 2.28. The lowest BCUT2D eigenvalue weighted by Crippen LogP contribution is -2.49. The summed E-state index contributed by atoms with van der Waals surface area (Å²) in [7, 11) is 0. The number of hydrogen-bond acceptors (Lipinski definition) is 8. The third kappa shape index (κ3) is 9.22. The number of benzene rings is 2. The van der Waals surface area contributed by atoms with Gasteiger partial charge in [0.2, 0.25) is 0 Å². The number of hydrogen-bond donors (Lipinski definition) is 0. The summed E-state index contributed by atoms with van der Waals surface area (Å²) in [4.78, 5) is 39.2. The maximum atomic E-state index is 12.7. The molecular weight excluding hydrogens is 604 g/mol. The van der Waals surface area contributed by atoms with Gasteiger partial charge in [0.1, 0.15) is 0 Å². The summed E-state index contributed by atoms with van der Waals surface area (Å²) in [5.41, 5.74) is 4.18. The van der Waals surface area contributed by atoms with Crippen molar-refractivity contribution in [2.24, 2.45) is 0 Å². The molecule has 260 valence electrons. The maximum absolute atomic E-state index is 12.7. The molecule has 6 fully saturated rings. The van der Waals surface area contributed by atoms with Crippen LogP contribution in [0.25, 0.3) is 0 Å². The summed E-state index contributed by atoms with van der Waals surface area (Å²) in [6.45, 7) is 16.7. The Balaban J connectivity index is 0.000000152. The van der Waals surface area contributed by atoms with Gasteiger partial charge in [-0.15, -0.1) is 0 Å². The van der Waals surface area contributed by atoms with Crippen LogP contribution in [0.15, 0.2) is 48.5 Å². The van der Waals surface area contributed by atoms with E-state index >= 15 is 0 Å². The van der Waals surface area contributed by atoms with Crippen LogP contribution in [0.1, 0.15) is 57.5 Å². The van der Waals surface area contributed by atoms with Gasteiger partial charge in [-0.1, -0.05) is 24.3 Å². The molecule has 8 rings (SSSR count). The van der Waals surface area contributed by atoms with E-state index in [-0.39, 0.29) is 11.8 Å². The molecule has 0 bridgehead atoms. The van der Waals surface area contributed by atoms with Crippen molar-refractivity contribution in [1.29, 1.82) is 0 Å². The summed E-state index contributed by atoms with van der Waals surface area (Å²) >= 11 is 0. The second-order valence-electron chi connectivity index (χ2n) is 14.3. The van der Waals surface area contributed by atoms with E-state index in [2.05, 4.69) is 43.9 Å². The minimum Gasteiger partial charge on any atom is -0.379 e. The molecule has 2 aromatic carbocycles. The van der Waals surface area contributed by atoms with Gasteiger partial charge in [0.15, 0.2) is 0 Å². The molecule has 0 spiro atoms. The van der Waals surface area contributed by atoms with Gasteiger partial charge >= 0.3 is 0 Å². The molecule has 2 aromatic rings. The molecule has 4 saturated heterocycles. The Bertz CT molecular complexity index is 1220. The molecule has 0 N–H and O–H groups in total. The second kappa shape index (κ2) is 16.2. The van der Waals surface area contributed by atoms with Crippen LogP contribution in [-0.4, -0.2) is 158 Å². The highest BCUT2D eigenvalue weighted by molar-refractivity contribution is 5.94. The average Bonchev–Trinajstić information content (AvgIpc) is 4.08. The van der Waals surface area contributed by atoms with Crippen LogP contribution >= 0.6 is 0 Å². The molecule has 4 aliphatic heterocycles. The van der Waals surface area contributed by atoms with E-state index in [1.165, 1.54) is 36.8 Å². The molecular formula is C38H54N6O4. The van der Waals surface area contributed by atoms with Gasteiger partial charge in [0.25, 0.3) is 11.8 Å².